The molecule has 1 saturated heterocycles. The molecule has 1 aliphatic rings. The van der Waals surface area contributed by atoms with Crippen molar-refractivity contribution in [2.75, 3.05) is 33.9 Å². The normalized spacial score (nSPS) is 17.4. The number of hydrogen-bond donors (Lipinski definition) is 1. The van der Waals surface area contributed by atoms with Gasteiger partial charge in [0.15, 0.2) is 11.5 Å². The summed E-state index contributed by atoms with van der Waals surface area (Å²) in [5, 5.41) is 8.83. The van der Waals surface area contributed by atoms with E-state index in [0.717, 1.165) is 5.56 Å². The van der Waals surface area contributed by atoms with Crippen LogP contribution >= 0.6 is 0 Å². The summed E-state index contributed by atoms with van der Waals surface area (Å²) in [6, 6.07) is 5.58. The van der Waals surface area contributed by atoms with Gasteiger partial charge in [-0.2, -0.15) is 0 Å². The Morgan fingerprint density at radius 1 is 1.29 bits per heavy atom. The van der Waals surface area contributed by atoms with E-state index in [-0.39, 0.29) is 12.3 Å². The number of morpholine rings is 1. The second-order valence-corrected chi connectivity index (χ2v) is 5.62. The minimum Gasteiger partial charge on any atom is -0.493 e. The third kappa shape index (κ3) is 4.86. The lowest BCUT2D eigenvalue weighted by molar-refractivity contribution is -0.147. The van der Waals surface area contributed by atoms with Crippen molar-refractivity contribution < 1.29 is 28.9 Å². The lowest BCUT2D eigenvalue weighted by Gasteiger charge is -2.32. The van der Waals surface area contributed by atoms with Gasteiger partial charge >= 0.3 is 5.97 Å². The fraction of sp³-hybridized carbons (Fsp3) is 0.529. The minimum absolute atomic E-state index is 0.00322. The van der Waals surface area contributed by atoms with Gasteiger partial charge in [-0.25, -0.2) is 0 Å². The second-order valence-electron chi connectivity index (χ2n) is 5.62. The topological polar surface area (TPSA) is 85.3 Å². The number of ether oxygens (including phenoxy) is 3. The molecule has 132 valence electrons. The average Bonchev–Trinajstić information content (AvgIpc) is 2.59. The number of amides is 1. The zero-order valence-electron chi connectivity index (χ0n) is 14.0. The van der Waals surface area contributed by atoms with Crippen LogP contribution in [0.15, 0.2) is 18.2 Å². The Morgan fingerprint density at radius 2 is 2.04 bits per heavy atom. The molecule has 7 nitrogen and oxygen atoms in total. The fourth-order valence-electron chi connectivity index (χ4n) is 2.71. The number of aryl methyl sites for hydroxylation is 1. The van der Waals surface area contributed by atoms with E-state index in [9.17, 15) is 9.59 Å². The van der Waals surface area contributed by atoms with Crippen LogP contribution in [0.25, 0.3) is 0 Å². The average molecular weight is 337 g/mol. The third-order valence-corrected chi connectivity index (χ3v) is 3.97. The van der Waals surface area contributed by atoms with Gasteiger partial charge in [0.1, 0.15) is 0 Å². The molecule has 1 atom stereocenters. The Hall–Kier alpha value is -2.28. The van der Waals surface area contributed by atoms with Crippen LogP contribution in [0.4, 0.5) is 0 Å². The molecular formula is C17H23NO6. The molecule has 0 radical (unpaired) electrons. The number of aliphatic carboxylic acids is 1. The number of carboxylic acid groups (broad SMARTS) is 1. The monoisotopic (exact) mass is 337 g/mol. The molecule has 1 aliphatic heterocycles. The van der Waals surface area contributed by atoms with Crippen LogP contribution in [0.5, 0.6) is 11.5 Å². The number of carboxylic acids is 1. The molecule has 0 aromatic heterocycles. The summed E-state index contributed by atoms with van der Waals surface area (Å²) in [6.07, 6.45) is 0.427. The number of benzene rings is 1. The van der Waals surface area contributed by atoms with Crippen LogP contribution in [-0.4, -0.2) is 61.9 Å². The highest BCUT2D eigenvalue weighted by atomic mass is 16.5. The summed E-state index contributed by atoms with van der Waals surface area (Å²) in [5.41, 5.74) is 0.983. The van der Waals surface area contributed by atoms with E-state index in [4.69, 9.17) is 19.3 Å². The van der Waals surface area contributed by atoms with Crippen LogP contribution in [0.3, 0.4) is 0 Å². The summed E-state index contributed by atoms with van der Waals surface area (Å²) in [6.45, 7) is 1.21. The summed E-state index contributed by atoms with van der Waals surface area (Å²) in [5.74, 6) is 0.371. The maximum atomic E-state index is 12.3. The van der Waals surface area contributed by atoms with Gasteiger partial charge < -0.3 is 24.2 Å². The predicted molar refractivity (Wildman–Crippen MR) is 86.4 cm³/mol. The Kier molecular flexibility index (Phi) is 6.43. The van der Waals surface area contributed by atoms with Gasteiger partial charge in [-0.1, -0.05) is 6.07 Å². The van der Waals surface area contributed by atoms with Gasteiger partial charge in [0.25, 0.3) is 0 Å². The second kappa shape index (κ2) is 8.54. The van der Waals surface area contributed by atoms with Gasteiger partial charge in [0.2, 0.25) is 5.91 Å². The van der Waals surface area contributed by atoms with Crippen molar-refractivity contribution in [1.82, 2.24) is 4.90 Å². The first-order valence-corrected chi connectivity index (χ1v) is 7.85. The van der Waals surface area contributed by atoms with Gasteiger partial charge in [-0.05, 0) is 24.1 Å². The van der Waals surface area contributed by atoms with E-state index in [1.807, 2.05) is 18.2 Å². The maximum absolute atomic E-state index is 12.3. The first kappa shape index (κ1) is 18.1. The number of nitrogens with zero attached hydrogens (tertiary/aromatic N) is 1. The van der Waals surface area contributed by atoms with E-state index in [0.29, 0.717) is 44.0 Å². The molecule has 1 heterocycles. The molecule has 1 N–H and O–H groups in total. The highest BCUT2D eigenvalue weighted by Gasteiger charge is 2.25. The molecule has 1 aromatic rings. The van der Waals surface area contributed by atoms with Crippen molar-refractivity contribution in [3.8, 4) is 11.5 Å². The summed E-state index contributed by atoms with van der Waals surface area (Å²) < 4.78 is 15.8. The van der Waals surface area contributed by atoms with Gasteiger partial charge in [0, 0.05) is 19.5 Å². The van der Waals surface area contributed by atoms with Gasteiger partial charge in [-0.15, -0.1) is 0 Å². The van der Waals surface area contributed by atoms with Crippen molar-refractivity contribution in [1.29, 1.82) is 0 Å². The van der Waals surface area contributed by atoms with Crippen LogP contribution in [-0.2, 0) is 20.7 Å². The van der Waals surface area contributed by atoms with Gasteiger partial charge in [0.05, 0.1) is 33.4 Å². The highest BCUT2D eigenvalue weighted by Crippen LogP contribution is 2.28. The standard InChI is InChI=1S/C17H23NO6/c1-22-14-5-3-12(9-15(14)23-2)4-6-16(19)18-7-8-24-13(11-18)10-17(20)21/h3,5,9,13H,4,6-8,10-11H2,1-2H3,(H,20,21)/t13-/m1/s1. The molecule has 24 heavy (non-hydrogen) atoms. The van der Waals surface area contributed by atoms with E-state index in [1.165, 1.54) is 0 Å². The number of rotatable bonds is 7. The van der Waals surface area contributed by atoms with Crippen molar-refractivity contribution in [3.05, 3.63) is 23.8 Å². The number of carbonyl (C=O) groups is 2. The predicted octanol–water partition coefficient (Wildman–Crippen LogP) is 1.34. The van der Waals surface area contributed by atoms with Crippen LogP contribution in [0, 0.1) is 0 Å². The number of hydrogen-bond acceptors (Lipinski definition) is 5. The molecule has 1 aromatic carbocycles. The fourth-order valence-corrected chi connectivity index (χ4v) is 2.71. The molecule has 1 amide bonds. The molecule has 0 saturated carbocycles. The van der Waals surface area contributed by atoms with E-state index < -0.39 is 12.1 Å². The van der Waals surface area contributed by atoms with Gasteiger partial charge in [-0.3, -0.25) is 9.59 Å². The molecule has 0 spiro atoms. The number of carbonyl (C=O) groups excluding carboxylic acids is 1. The van der Waals surface area contributed by atoms with E-state index >= 15 is 0 Å². The quantitative estimate of drug-likeness (QED) is 0.808. The first-order chi connectivity index (χ1) is 11.5. The van der Waals surface area contributed by atoms with Crippen LogP contribution in [0.1, 0.15) is 18.4 Å². The molecular weight excluding hydrogens is 314 g/mol. The number of methoxy groups -OCH3 is 2. The smallest absolute Gasteiger partial charge is 0.306 e. The Labute approximate surface area is 141 Å². The minimum atomic E-state index is -0.917. The molecule has 0 bridgehead atoms. The highest BCUT2D eigenvalue weighted by molar-refractivity contribution is 5.76. The molecule has 7 heteroatoms. The SMILES string of the molecule is COc1ccc(CCC(=O)N2CCO[C@H](CC(=O)O)C2)cc1OC. The van der Waals surface area contributed by atoms with Crippen molar-refractivity contribution in [3.63, 3.8) is 0 Å². The molecule has 0 aliphatic carbocycles. The van der Waals surface area contributed by atoms with Crippen LogP contribution < -0.4 is 9.47 Å². The Balaban J connectivity index is 1.89. The molecule has 1 fully saturated rings. The Morgan fingerprint density at radius 3 is 2.71 bits per heavy atom. The van der Waals surface area contributed by atoms with Crippen molar-refractivity contribution in [2.24, 2.45) is 0 Å². The lowest BCUT2D eigenvalue weighted by atomic mass is 10.1. The first-order valence-electron chi connectivity index (χ1n) is 7.85. The Bertz CT molecular complexity index is 588. The maximum Gasteiger partial charge on any atom is 0.306 e. The zero-order chi connectivity index (χ0) is 17.5. The largest absolute Gasteiger partial charge is 0.493 e. The summed E-state index contributed by atoms with van der Waals surface area (Å²) in [7, 11) is 3.15. The third-order valence-electron chi connectivity index (χ3n) is 3.97. The van der Waals surface area contributed by atoms with Crippen molar-refractivity contribution in [2.45, 2.75) is 25.4 Å². The zero-order valence-corrected chi connectivity index (χ0v) is 14.0. The molecule has 2 rings (SSSR count). The summed E-state index contributed by atoms with van der Waals surface area (Å²) >= 11 is 0. The van der Waals surface area contributed by atoms with Crippen LogP contribution in [0.2, 0.25) is 0 Å². The lowest BCUT2D eigenvalue weighted by Crippen LogP contribution is -2.46. The molecule has 0 unspecified atom stereocenters. The summed E-state index contributed by atoms with van der Waals surface area (Å²) in [4.78, 5) is 24.8. The van der Waals surface area contributed by atoms with E-state index in [1.54, 1.807) is 19.1 Å². The van der Waals surface area contributed by atoms with Crippen molar-refractivity contribution >= 4 is 11.9 Å². The van der Waals surface area contributed by atoms with E-state index in [2.05, 4.69) is 0 Å².